The maximum atomic E-state index is 10.8. The Morgan fingerprint density at radius 1 is 1.33 bits per heavy atom. The Hall–Kier alpha value is -1.94. The molecule has 2 rings (SSSR count). The number of carboxylic acids is 1. The molecule has 0 saturated heterocycles. The van der Waals surface area contributed by atoms with Crippen LogP contribution in [0.15, 0.2) is 36.5 Å². The van der Waals surface area contributed by atoms with Gasteiger partial charge in [0.25, 0.3) is 0 Å². The first kappa shape index (κ1) is 12.5. The van der Waals surface area contributed by atoms with Crippen LogP contribution >= 0.6 is 0 Å². The molecule has 0 saturated carbocycles. The van der Waals surface area contributed by atoms with E-state index in [9.17, 15) is 4.79 Å². The molecule has 0 aliphatic rings. The highest BCUT2D eigenvalue weighted by molar-refractivity contribution is 5.81. The highest BCUT2D eigenvalue weighted by atomic mass is 16.4. The van der Waals surface area contributed by atoms with Crippen molar-refractivity contribution in [1.82, 2.24) is 9.88 Å². The van der Waals surface area contributed by atoms with Crippen LogP contribution in [0.3, 0.4) is 0 Å². The average molecular weight is 244 g/mol. The number of likely N-dealkylation sites (N-methyl/N-ethyl adjacent to an activating group) is 1. The molecule has 4 nitrogen and oxygen atoms in total. The summed E-state index contributed by atoms with van der Waals surface area (Å²) in [5.74, 6) is -0.796. The molecule has 18 heavy (non-hydrogen) atoms. The molecule has 0 amide bonds. The van der Waals surface area contributed by atoms with Crippen LogP contribution in [0.2, 0.25) is 0 Å². The summed E-state index contributed by atoms with van der Waals surface area (Å²) >= 11 is 0. The molecule has 0 atom stereocenters. The van der Waals surface area contributed by atoms with Crippen molar-refractivity contribution in [3.05, 3.63) is 42.1 Å². The topological polar surface area (TPSA) is 53.4 Å². The zero-order valence-electron chi connectivity index (χ0n) is 10.3. The number of carboxylic acid groups (broad SMARTS) is 1. The van der Waals surface area contributed by atoms with Gasteiger partial charge < -0.3 is 5.11 Å². The first-order valence-corrected chi connectivity index (χ1v) is 5.97. The molecule has 0 aliphatic carbocycles. The highest BCUT2D eigenvalue weighted by Crippen LogP contribution is 2.17. The van der Waals surface area contributed by atoms with Crippen molar-refractivity contribution in [3.63, 3.8) is 0 Å². The number of aromatic nitrogens is 1. The van der Waals surface area contributed by atoms with Crippen LogP contribution in [0.25, 0.3) is 10.9 Å². The number of nitrogens with zero attached hydrogens (tertiary/aromatic N) is 2. The molecule has 0 bridgehead atoms. The molecular weight excluding hydrogens is 228 g/mol. The third kappa shape index (κ3) is 2.84. The van der Waals surface area contributed by atoms with Gasteiger partial charge in [-0.05, 0) is 24.2 Å². The summed E-state index contributed by atoms with van der Waals surface area (Å²) in [7, 11) is 0. The van der Waals surface area contributed by atoms with Gasteiger partial charge in [0.2, 0.25) is 0 Å². The van der Waals surface area contributed by atoms with Crippen LogP contribution in [0.4, 0.5) is 0 Å². The van der Waals surface area contributed by atoms with Crippen molar-refractivity contribution >= 4 is 16.9 Å². The molecule has 1 aromatic carbocycles. The monoisotopic (exact) mass is 244 g/mol. The van der Waals surface area contributed by atoms with Gasteiger partial charge in [-0.1, -0.05) is 25.1 Å². The Morgan fingerprint density at radius 2 is 2.11 bits per heavy atom. The van der Waals surface area contributed by atoms with Crippen LogP contribution in [-0.2, 0) is 11.3 Å². The lowest BCUT2D eigenvalue weighted by Crippen LogP contribution is -2.29. The Labute approximate surface area is 106 Å². The molecule has 0 unspecified atom stereocenters. The summed E-state index contributed by atoms with van der Waals surface area (Å²) in [6.07, 6.45) is 1.77. The number of carbonyl (C=O) groups is 1. The first-order chi connectivity index (χ1) is 8.70. The number of hydrogen-bond donors (Lipinski definition) is 1. The largest absolute Gasteiger partial charge is 0.480 e. The van der Waals surface area contributed by atoms with Crippen LogP contribution < -0.4 is 0 Å². The molecule has 2 aromatic rings. The van der Waals surface area contributed by atoms with Gasteiger partial charge in [-0.2, -0.15) is 0 Å². The Morgan fingerprint density at radius 3 is 2.83 bits per heavy atom. The van der Waals surface area contributed by atoms with Crippen molar-refractivity contribution in [3.8, 4) is 0 Å². The third-order valence-corrected chi connectivity index (χ3v) is 2.94. The van der Waals surface area contributed by atoms with E-state index >= 15 is 0 Å². The molecule has 1 aromatic heterocycles. The van der Waals surface area contributed by atoms with Crippen molar-refractivity contribution in [2.24, 2.45) is 0 Å². The fourth-order valence-electron chi connectivity index (χ4n) is 2.00. The van der Waals surface area contributed by atoms with Crippen molar-refractivity contribution in [1.29, 1.82) is 0 Å². The van der Waals surface area contributed by atoms with E-state index in [4.69, 9.17) is 5.11 Å². The van der Waals surface area contributed by atoms with E-state index in [1.54, 1.807) is 6.20 Å². The summed E-state index contributed by atoms with van der Waals surface area (Å²) in [4.78, 5) is 17.0. The summed E-state index contributed by atoms with van der Waals surface area (Å²) in [6.45, 7) is 3.37. The second kappa shape index (κ2) is 5.60. The number of pyridine rings is 1. The van der Waals surface area contributed by atoms with Gasteiger partial charge in [-0.25, -0.2) is 0 Å². The van der Waals surface area contributed by atoms with Gasteiger partial charge in [-0.15, -0.1) is 0 Å². The van der Waals surface area contributed by atoms with E-state index in [2.05, 4.69) is 4.98 Å². The zero-order valence-corrected chi connectivity index (χ0v) is 10.3. The lowest BCUT2D eigenvalue weighted by molar-refractivity contribution is -0.138. The quantitative estimate of drug-likeness (QED) is 0.875. The Kier molecular flexibility index (Phi) is 3.89. The van der Waals surface area contributed by atoms with E-state index in [-0.39, 0.29) is 6.54 Å². The van der Waals surface area contributed by atoms with Gasteiger partial charge in [0.1, 0.15) is 0 Å². The predicted octanol–water partition coefficient (Wildman–Crippen LogP) is 2.14. The maximum Gasteiger partial charge on any atom is 0.317 e. The molecule has 0 aliphatic heterocycles. The minimum Gasteiger partial charge on any atom is -0.480 e. The fourth-order valence-corrected chi connectivity index (χ4v) is 2.00. The van der Waals surface area contributed by atoms with E-state index < -0.39 is 5.97 Å². The fraction of sp³-hybridized carbons (Fsp3) is 0.286. The number of fused-ring (bicyclic) bond motifs is 1. The normalized spacial score (nSPS) is 11.0. The second-order valence-corrected chi connectivity index (χ2v) is 4.18. The van der Waals surface area contributed by atoms with Gasteiger partial charge in [0.15, 0.2) is 0 Å². The number of para-hydroxylation sites is 1. The number of aliphatic carboxylic acids is 1. The van der Waals surface area contributed by atoms with Crippen LogP contribution in [0.5, 0.6) is 0 Å². The van der Waals surface area contributed by atoms with E-state index in [1.807, 2.05) is 42.2 Å². The van der Waals surface area contributed by atoms with Crippen LogP contribution in [0.1, 0.15) is 12.5 Å². The molecule has 0 radical (unpaired) electrons. The van der Waals surface area contributed by atoms with E-state index in [0.717, 1.165) is 16.5 Å². The van der Waals surface area contributed by atoms with Crippen molar-refractivity contribution in [2.75, 3.05) is 13.1 Å². The first-order valence-electron chi connectivity index (χ1n) is 5.97. The molecule has 0 fully saturated rings. The van der Waals surface area contributed by atoms with Crippen LogP contribution in [0, 0.1) is 0 Å². The summed E-state index contributed by atoms with van der Waals surface area (Å²) in [5.41, 5.74) is 2.06. The van der Waals surface area contributed by atoms with Gasteiger partial charge >= 0.3 is 5.97 Å². The Balaban J connectivity index is 2.27. The molecule has 0 spiro atoms. The summed E-state index contributed by atoms with van der Waals surface area (Å²) in [5, 5.41) is 9.94. The number of rotatable bonds is 5. The minimum atomic E-state index is -0.796. The molecular formula is C14H16N2O2. The molecule has 94 valence electrons. The SMILES string of the molecule is CCN(CC(=O)O)Cc1ccnc2ccccc12. The standard InChI is InChI=1S/C14H16N2O2/c1-2-16(10-14(17)18)9-11-7-8-15-13-6-4-3-5-12(11)13/h3-8H,2,9-10H2,1H3,(H,17,18). The van der Waals surface area contributed by atoms with Crippen LogP contribution in [-0.4, -0.2) is 34.0 Å². The molecule has 1 heterocycles. The predicted molar refractivity (Wildman–Crippen MR) is 70.3 cm³/mol. The molecule has 1 N–H and O–H groups in total. The smallest absolute Gasteiger partial charge is 0.317 e. The van der Waals surface area contributed by atoms with Gasteiger partial charge in [-0.3, -0.25) is 14.7 Å². The van der Waals surface area contributed by atoms with Crippen molar-refractivity contribution in [2.45, 2.75) is 13.5 Å². The van der Waals surface area contributed by atoms with Crippen molar-refractivity contribution < 1.29 is 9.90 Å². The van der Waals surface area contributed by atoms with E-state index in [0.29, 0.717) is 13.1 Å². The van der Waals surface area contributed by atoms with Gasteiger partial charge in [0.05, 0.1) is 12.1 Å². The summed E-state index contributed by atoms with van der Waals surface area (Å²) in [6, 6.07) is 9.86. The third-order valence-electron chi connectivity index (χ3n) is 2.94. The minimum absolute atomic E-state index is 0.0626. The number of benzene rings is 1. The average Bonchev–Trinajstić information content (AvgIpc) is 2.38. The molecule has 4 heteroatoms. The van der Waals surface area contributed by atoms with Gasteiger partial charge in [0, 0.05) is 18.1 Å². The zero-order chi connectivity index (χ0) is 13.0. The highest BCUT2D eigenvalue weighted by Gasteiger charge is 2.10. The maximum absolute atomic E-state index is 10.8. The lowest BCUT2D eigenvalue weighted by Gasteiger charge is -2.18. The second-order valence-electron chi connectivity index (χ2n) is 4.18. The Bertz CT molecular complexity index is 549. The summed E-state index contributed by atoms with van der Waals surface area (Å²) < 4.78 is 0. The lowest BCUT2D eigenvalue weighted by atomic mass is 10.1. The van der Waals surface area contributed by atoms with E-state index in [1.165, 1.54) is 0 Å². The number of hydrogen-bond acceptors (Lipinski definition) is 3.